The van der Waals surface area contributed by atoms with Crippen molar-refractivity contribution in [1.29, 1.82) is 0 Å². The summed E-state index contributed by atoms with van der Waals surface area (Å²) in [6.07, 6.45) is 2.64. The fourth-order valence-electron chi connectivity index (χ4n) is 1.87. The zero-order valence-corrected chi connectivity index (χ0v) is 10.7. The van der Waals surface area contributed by atoms with Crippen molar-refractivity contribution in [3.63, 3.8) is 0 Å². The molecule has 0 amide bonds. The zero-order chi connectivity index (χ0) is 11.4. The van der Waals surface area contributed by atoms with Crippen LogP contribution in [0.15, 0.2) is 18.2 Å². The SMILES string of the molecule is Oc1ccc(Cl)cc1CNCC1CCCS1. The smallest absolute Gasteiger partial charge is 0.120 e. The van der Waals surface area contributed by atoms with Gasteiger partial charge >= 0.3 is 0 Å². The van der Waals surface area contributed by atoms with Gasteiger partial charge in [-0.25, -0.2) is 0 Å². The van der Waals surface area contributed by atoms with Gasteiger partial charge in [-0.15, -0.1) is 0 Å². The van der Waals surface area contributed by atoms with E-state index in [9.17, 15) is 5.11 Å². The molecule has 0 spiro atoms. The number of nitrogens with one attached hydrogen (secondary N) is 1. The Bertz CT molecular complexity index is 353. The molecule has 1 saturated heterocycles. The second-order valence-corrected chi connectivity index (χ2v) is 5.88. The minimum absolute atomic E-state index is 0.316. The third-order valence-corrected chi connectivity index (χ3v) is 4.39. The molecule has 88 valence electrons. The van der Waals surface area contributed by atoms with E-state index in [1.165, 1.54) is 18.6 Å². The molecular formula is C12H16ClNOS. The van der Waals surface area contributed by atoms with Crippen LogP contribution in [0.25, 0.3) is 0 Å². The van der Waals surface area contributed by atoms with Gasteiger partial charge in [0.1, 0.15) is 5.75 Å². The summed E-state index contributed by atoms with van der Waals surface area (Å²) in [6.45, 7) is 1.69. The molecule has 2 rings (SSSR count). The highest BCUT2D eigenvalue weighted by Crippen LogP contribution is 2.26. The predicted octanol–water partition coefficient (Wildman–Crippen LogP) is 3.03. The van der Waals surface area contributed by atoms with Crippen molar-refractivity contribution in [2.75, 3.05) is 12.3 Å². The van der Waals surface area contributed by atoms with Crippen molar-refractivity contribution in [1.82, 2.24) is 5.32 Å². The Kier molecular flexibility index (Phi) is 4.38. The highest BCUT2D eigenvalue weighted by atomic mass is 35.5. The average Bonchev–Trinajstić information content (AvgIpc) is 2.76. The van der Waals surface area contributed by atoms with E-state index in [-0.39, 0.29) is 0 Å². The molecular weight excluding hydrogens is 242 g/mol. The van der Waals surface area contributed by atoms with Gasteiger partial charge in [-0.2, -0.15) is 11.8 Å². The summed E-state index contributed by atoms with van der Waals surface area (Å²) in [5.74, 6) is 1.60. The fourth-order valence-corrected chi connectivity index (χ4v) is 3.30. The first kappa shape index (κ1) is 12.1. The summed E-state index contributed by atoms with van der Waals surface area (Å²) >= 11 is 7.91. The number of phenols is 1. The molecule has 1 atom stereocenters. The summed E-state index contributed by atoms with van der Waals surface area (Å²) in [6, 6.07) is 5.16. The van der Waals surface area contributed by atoms with Crippen molar-refractivity contribution in [2.45, 2.75) is 24.6 Å². The largest absolute Gasteiger partial charge is 0.508 e. The maximum Gasteiger partial charge on any atom is 0.120 e. The van der Waals surface area contributed by atoms with Crippen molar-refractivity contribution >= 4 is 23.4 Å². The highest BCUT2D eigenvalue weighted by molar-refractivity contribution is 8.00. The number of phenolic OH excluding ortho intramolecular Hbond substituents is 1. The van der Waals surface area contributed by atoms with Gasteiger partial charge in [-0.3, -0.25) is 0 Å². The summed E-state index contributed by atoms with van der Waals surface area (Å²) in [4.78, 5) is 0. The number of hydrogen-bond donors (Lipinski definition) is 2. The zero-order valence-electron chi connectivity index (χ0n) is 9.08. The lowest BCUT2D eigenvalue weighted by Gasteiger charge is -2.11. The van der Waals surface area contributed by atoms with Gasteiger partial charge in [0.15, 0.2) is 0 Å². The predicted molar refractivity (Wildman–Crippen MR) is 70.3 cm³/mol. The summed E-state index contributed by atoms with van der Waals surface area (Å²) < 4.78 is 0. The lowest BCUT2D eigenvalue weighted by Crippen LogP contribution is -2.22. The summed E-state index contributed by atoms with van der Waals surface area (Å²) in [5, 5.41) is 14.4. The van der Waals surface area contributed by atoms with E-state index >= 15 is 0 Å². The van der Waals surface area contributed by atoms with E-state index in [4.69, 9.17) is 11.6 Å². The third-order valence-electron chi connectivity index (χ3n) is 2.75. The van der Waals surface area contributed by atoms with Crippen molar-refractivity contribution in [3.05, 3.63) is 28.8 Å². The van der Waals surface area contributed by atoms with Gasteiger partial charge in [0, 0.05) is 28.9 Å². The molecule has 1 heterocycles. The fraction of sp³-hybridized carbons (Fsp3) is 0.500. The van der Waals surface area contributed by atoms with E-state index in [0.29, 0.717) is 17.3 Å². The van der Waals surface area contributed by atoms with E-state index in [1.807, 2.05) is 17.8 Å². The van der Waals surface area contributed by atoms with E-state index < -0.39 is 0 Å². The Balaban J connectivity index is 1.82. The summed E-state index contributed by atoms with van der Waals surface area (Å²) in [7, 11) is 0. The molecule has 16 heavy (non-hydrogen) atoms. The van der Waals surface area contributed by atoms with Crippen molar-refractivity contribution < 1.29 is 5.11 Å². The molecule has 0 aromatic heterocycles. The van der Waals surface area contributed by atoms with Crippen LogP contribution in [0.4, 0.5) is 0 Å². The van der Waals surface area contributed by atoms with E-state index in [0.717, 1.165) is 17.4 Å². The first-order valence-electron chi connectivity index (χ1n) is 5.55. The standard InChI is InChI=1S/C12H16ClNOS/c13-10-3-4-12(15)9(6-10)7-14-8-11-2-1-5-16-11/h3-4,6,11,14-15H,1-2,5,7-8H2. The molecule has 0 aliphatic carbocycles. The van der Waals surface area contributed by atoms with Crippen LogP contribution in [0.5, 0.6) is 5.75 Å². The van der Waals surface area contributed by atoms with Gasteiger partial charge in [0.05, 0.1) is 0 Å². The molecule has 1 aromatic rings. The maximum absolute atomic E-state index is 9.62. The normalized spacial score (nSPS) is 20.2. The molecule has 0 radical (unpaired) electrons. The number of aromatic hydroxyl groups is 1. The quantitative estimate of drug-likeness (QED) is 0.870. The maximum atomic E-state index is 9.62. The second kappa shape index (κ2) is 5.80. The molecule has 2 nitrogen and oxygen atoms in total. The Labute approximate surface area is 105 Å². The van der Waals surface area contributed by atoms with Crippen LogP contribution in [0, 0.1) is 0 Å². The molecule has 2 N–H and O–H groups in total. The van der Waals surface area contributed by atoms with Crippen LogP contribution in [0.2, 0.25) is 5.02 Å². The van der Waals surface area contributed by atoms with E-state index in [2.05, 4.69) is 5.32 Å². The van der Waals surface area contributed by atoms with Gasteiger partial charge in [-0.05, 0) is 36.8 Å². The molecule has 1 fully saturated rings. The van der Waals surface area contributed by atoms with Crippen molar-refractivity contribution in [2.24, 2.45) is 0 Å². The number of hydrogen-bond acceptors (Lipinski definition) is 3. The number of thioether (sulfide) groups is 1. The van der Waals surface area contributed by atoms with Crippen LogP contribution < -0.4 is 5.32 Å². The number of halogens is 1. The third kappa shape index (κ3) is 3.30. The monoisotopic (exact) mass is 257 g/mol. The van der Waals surface area contributed by atoms with Crippen LogP contribution >= 0.6 is 23.4 Å². The van der Waals surface area contributed by atoms with Crippen LogP contribution in [0.3, 0.4) is 0 Å². The Hall–Kier alpha value is -0.380. The minimum atomic E-state index is 0.316. The molecule has 1 aliphatic heterocycles. The van der Waals surface area contributed by atoms with Crippen LogP contribution in [-0.2, 0) is 6.54 Å². The molecule has 1 unspecified atom stereocenters. The lowest BCUT2D eigenvalue weighted by molar-refractivity contribution is 0.464. The topological polar surface area (TPSA) is 32.3 Å². The van der Waals surface area contributed by atoms with Crippen LogP contribution in [0.1, 0.15) is 18.4 Å². The Morgan fingerprint density at radius 3 is 3.12 bits per heavy atom. The first-order chi connectivity index (χ1) is 7.75. The summed E-state index contributed by atoms with van der Waals surface area (Å²) in [5.41, 5.74) is 0.871. The lowest BCUT2D eigenvalue weighted by atomic mass is 10.2. The molecule has 0 bridgehead atoms. The number of rotatable bonds is 4. The Morgan fingerprint density at radius 2 is 2.38 bits per heavy atom. The van der Waals surface area contributed by atoms with E-state index in [1.54, 1.807) is 12.1 Å². The molecule has 4 heteroatoms. The van der Waals surface area contributed by atoms with Gasteiger partial charge in [0.25, 0.3) is 0 Å². The van der Waals surface area contributed by atoms with Gasteiger partial charge in [0.2, 0.25) is 0 Å². The number of benzene rings is 1. The molecule has 0 saturated carbocycles. The van der Waals surface area contributed by atoms with Crippen LogP contribution in [-0.4, -0.2) is 22.7 Å². The average molecular weight is 258 g/mol. The minimum Gasteiger partial charge on any atom is -0.508 e. The molecule has 1 aromatic carbocycles. The second-order valence-electron chi connectivity index (χ2n) is 4.04. The molecule has 1 aliphatic rings. The van der Waals surface area contributed by atoms with Gasteiger partial charge < -0.3 is 10.4 Å². The van der Waals surface area contributed by atoms with Crippen molar-refractivity contribution in [3.8, 4) is 5.75 Å². The van der Waals surface area contributed by atoms with Gasteiger partial charge in [-0.1, -0.05) is 11.6 Å². The Morgan fingerprint density at radius 1 is 1.50 bits per heavy atom. The first-order valence-corrected chi connectivity index (χ1v) is 6.98. The highest BCUT2D eigenvalue weighted by Gasteiger charge is 2.14.